The number of Topliss-reactive ketones (excluding diaryl/α,β-unsaturated/α-hetero) is 2. The maximum Gasteiger partial charge on any atom is 0.233 e. The summed E-state index contributed by atoms with van der Waals surface area (Å²) in [7, 11) is 0. The van der Waals surface area contributed by atoms with Gasteiger partial charge in [0.1, 0.15) is 0 Å². The lowest BCUT2D eigenvalue weighted by molar-refractivity contribution is 0.0817. The van der Waals surface area contributed by atoms with Crippen LogP contribution < -0.4 is 0 Å². The summed E-state index contributed by atoms with van der Waals surface area (Å²) in [6.45, 7) is 0. The van der Waals surface area contributed by atoms with Crippen LogP contribution in [0.4, 0.5) is 0 Å². The molecule has 0 atom stereocenters. The second kappa shape index (κ2) is 5.10. The van der Waals surface area contributed by atoms with Crippen LogP contribution in [-0.2, 0) is 0 Å². The molecule has 0 heterocycles. The van der Waals surface area contributed by atoms with E-state index in [-0.39, 0.29) is 0 Å². The van der Waals surface area contributed by atoms with Crippen molar-refractivity contribution in [2.24, 2.45) is 0 Å². The summed E-state index contributed by atoms with van der Waals surface area (Å²) in [5, 5.41) is 2.01. The third-order valence-electron chi connectivity index (χ3n) is 3.25. The number of benzene rings is 3. The van der Waals surface area contributed by atoms with Gasteiger partial charge >= 0.3 is 0 Å². The van der Waals surface area contributed by atoms with Gasteiger partial charge in [0.25, 0.3) is 0 Å². The molecule has 3 aromatic carbocycles. The lowest BCUT2D eigenvalue weighted by atomic mass is 9.99. The van der Waals surface area contributed by atoms with E-state index in [0.717, 1.165) is 10.8 Å². The predicted octanol–water partition coefficient (Wildman–Crippen LogP) is 3.91. The van der Waals surface area contributed by atoms with Crippen LogP contribution >= 0.6 is 0 Å². The van der Waals surface area contributed by atoms with E-state index in [1.165, 1.54) is 0 Å². The van der Waals surface area contributed by atoms with Crippen LogP contribution in [0.15, 0.2) is 72.8 Å². The van der Waals surface area contributed by atoms with Crippen molar-refractivity contribution < 1.29 is 9.59 Å². The average Bonchev–Trinajstić information content (AvgIpc) is 2.54. The van der Waals surface area contributed by atoms with Crippen molar-refractivity contribution in [2.75, 3.05) is 0 Å². The summed E-state index contributed by atoms with van der Waals surface area (Å²) in [5.41, 5.74) is 0.850. The molecule has 0 radical (unpaired) electrons. The Morgan fingerprint density at radius 2 is 1.15 bits per heavy atom. The fourth-order valence-corrected chi connectivity index (χ4v) is 2.18. The summed E-state index contributed by atoms with van der Waals surface area (Å²) in [4.78, 5) is 24.4. The van der Waals surface area contributed by atoms with Gasteiger partial charge < -0.3 is 0 Å². The minimum Gasteiger partial charge on any atom is -0.285 e. The molecule has 0 amide bonds. The van der Waals surface area contributed by atoms with Gasteiger partial charge in [-0.3, -0.25) is 9.59 Å². The quantitative estimate of drug-likeness (QED) is 0.528. The van der Waals surface area contributed by atoms with Crippen LogP contribution in [0, 0.1) is 0 Å². The molecule has 0 saturated carbocycles. The third-order valence-corrected chi connectivity index (χ3v) is 3.25. The second-order valence-corrected chi connectivity index (χ2v) is 4.59. The molecule has 2 heteroatoms. The zero-order valence-corrected chi connectivity index (χ0v) is 10.7. The van der Waals surface area contributed by atoms with Gasteiger partial charge in [-0.05, 0) is 16.8 Å². The average molecular weight is 260 g/mol. The summed E-state index contributed by atoms with van der Waals surface area (Å²) in [5.74, 6) is -0.942. The standard InChI is InChI=1S/C18H12O2/c19-17(14-7-2-1-3-8-14)18(20)16-11-10-13-6-4-5-9-15(13)12-16/h1-12H. The van der Waals surface area contributed by atoms with Crippen LogP contribution in [0.1, 0.15) is 20.7 Å². The van der Waals surface area contributed by atoms with Gasteiger partial charge in [-0.25, -0.2) is 0 Å². The first-order valence-corrected chi connectivity index (χ1v) is 6.38. The van der Waals surface area contributed by atoms with E-state index in [1.807, 2.05) is 36.4 Å². The number of rotatable bonds is 3. The number of carbonyl (C=O) groups excluding carboxylic acids is 2. The molecule has 96 valence electrons. The molecule has 0 unspecified atom stereocenters. The Morgan fingerprint density at radius 3 is 1.90 bits per heavy atom. The minimum absolute atomic E-state index is 0.422. The summed E-state index contributed by atoms with van der Waals surface area (Å²) >= 11 is 0. The molecule has 0 aliphatic carbocycles. The van der Waals surface area contributed by atoms with E-state index in [9.17, 15) is 9.59 Å². The van der Waals surface area contributed by atoms with E-state index in [1.54, 1.807) is 36.4 Å². The molecule has 3 aromatic rings. The maximum atomic E-state index is 12.2. The van der Waals surface area contributed by atoms with E-state index in [0.29, 0.717) is 11.1 Å². The monoisotopic (exact) mass is 260 g/mol. The summed E-state index contributed by atoms with van der Waals surface area (Å²) < 4.78 is 0. The van der Waals surface area contributed by atoms with Gasteiger partial charge in [-0.1, -0.05) is 66.7 Å². The molecule has 0 aliphatic heterocycles. The van der Waals surface area contributed by atoms with Crippen molar-refractivity contribution in [3.63, 3.8) is 0 Å². The number of fused-ring (bicyclic) bond motifs is 1. The Labute approximate surface area is 116 Å². The van der Waals surface area contributed by atoms with Crippen LogP contribution in [0.3, 0.4) is 0 Å². The molecule has 0 aromatic heterocycles. The van der Waals surface area contributed by atoms with E-state index >= 15 is 0 Å². The first-order valence-electron chi connectivity index (χ1n) is 6.38. The number of hydrogen-bond acceptors (Lipinski definition) is 2. The molecule has 0 fully saturated rings. The molecule has 3 rings (SSSR count). The molecule has 20 heavy (non-hydrogen) atoms. The normalized spacial score (nSPS) is 10.4. The number of hydrogen-bond donors (Lipinski definition) is 0. The van der Waals surface area contributed by atoms with Crippen molar-refractivity contribution in [1.29, 1.82) is 0 Å². The van der Waals surface area contributed by atoms with Crippen LogP contribution in [0.2, 0.25) is 0 Å². The SMILES string of the molecule is O=C(C(=O)c1ccc2ccccc2c1)c1ccccc1. The lowest BCUT2D eigenvalue weighted by Crippen LogP contribution is -2.14. The Kier molecular flexibility index (Phi) is 3.13. The van der Waals surface area contributed by atoms with Gasteiger partial charge in [0.15, 0.2) is 0 Å². The zero-order chi connectivity index (χ0) is 13.9. The maximum absolute atomic E-state index is 12.2. The van der Waals surface area contributed by atoms with Crippen LogP contribution in [-0.4, -0.2) is 11.6 Å². The van der Waals surface area contributed by atoms with E-state index < -0.39 is 11.6 Å². The smallest absolute Gasteiger partial charge is 0.233 e. The van der Waals surface area contributed by atoms with Crippen molar-refractivity contribution in [3.8, 4) is 0 Å². The highest BCUT2D eigenvalue weighted by Crippen LogP contribution is 2.17. The molecule has 0 spiro atoms. The van der Waals surface area contributed by atoms with Gasteiger partial charge in [-0.2, -0.15) is 0 Å². The Morgan fingerprint density at radius 1 is 0.550 bits per heavy atom. The molecule has 0 aliphatic rings. The molecule has 0 bridgehead atoms. The molecular weight excluding hydrogens is 248 g/mol. The van der Waals surface area contributed by atoms with Crippen molar-refractivity contribution in [1.82, 2.24) is 0 Å². The van der Waals surface area contributed by atoms with Crippen molar-refractivity contribution >= 4 is 22.3 Å². The Balaban J connectivity index is 1.98. The molecule has 0 saturated heterocycles. The molecule has 2 nitrogen and oxygen atoms in total. The van der Waals surface area contributed by atoms with Crippen LogP contribution in [0.25, 0.3) is 10.8 Å². The van der Waals surface area contributed by atoms with Gasteiger partial charge in [0, 0.05) is 11.1 Å². The predicted molar refractivity (Wildman–Crippen MR) is 79.1 cm³/mol. The minimum atomic E-state index is -0.471. The highest BCUT2D eigenvalue weighted by molar-refractivity contribution is 6.49. The fourth-order valence-electron chi connectivity index (χ4n) is 2.18. The number of carbonyl (C=O) groups is 2. The van der Waals surface area contributed by atoms with Crippen LogP contribution in [0.5, 0.6) is 0 Å². The van der Waals surface area contributed by atoms with E-state index in [4.69, 9.17) is 0 Å². The number of ketones is 2. The van der Waals surface area contributed by atoms with Gasteiger partial charge in [-0.15, -0.1) is 0 Å². The molecular formula is C18H12O2. The highest BCUT2D eigenvalue weighted by atomic mass is 16.2. The lowest BCUT2D eigenvalue weighted by Gasteiger charge is -2.03. The summed E-state index contributed by atoms with van der Waals surface area (Å²) in [6.07, 6.45) is 0. The van der Waals surface area contributed by atoms with Crippen molar-refractivity contribution in [2.45, 2.75) is 0 Å². The Hall–Kier alpha value is -2.74. The largest absolute Gasteiger partial charge is 0.285 e. The third kappa shape index (κ3) is 2.24. The first-order chi connectivity index (χ1) is 9.75. The van der Waals surface area contributed by atoms with E-state index in [2.05, 4.69) is 0 Å². The molecule has 0 N–H and O–H groups in total. The second-order valence-electron chi connectivity index (χ2n) is 4.59. The topological polar surface area (TPSA) is 34.1 Å². The zero-order valence-electron chi connectivity index (χ0n) is 10.7. The Bertz CT molecular complexity index is 789. The fraction of sp³-hybridized carbons (Fsp3) is 0. The summed E-state index contributed by atoms with van der Waals surface area (Å²) in [6, 6.07) is 21.7. The first kappa shape index (κ1) is 12.3. The highest BCUT2D eigenvalue weighted by Gasteiger charge is 2.17. The van der Waals surface area contributed by atoms with Crippen molar-refractivity contribution in [3.05, 3.63) is 83.9 Å². The van der Waals surface area contributed by atoms with Gasteiger partial charge in [0.05, 0.1) is 0 Å². The van der Waals surface area contributed by atoms with Gasteiger partial charge in [0.2, 0.25) is 11.6 Å².